The van der Waals surface area contributed by atoms with Gasteiger partial charge in [-0.15, -0.1) is 0 Å². The summed E-state index contributed by atoms with van der Waals surface area (Å²) in [6.07, 6.45) is 20.7. The minimum atomic E-state index is 0.860. The van der Waals surface area contributed by atoms with E-state index in [2.05, 4.69) is 34.6 Å². The lowest BCUT2D eigenvalue weighted by Gasteiger charge is -2.33. The van der Waals surface area contributed by atoms with E-state index in [-0.39, 0.29) is 0 Å². The van der Waals surface area contributed by atoms with E-state index < -0.39 is 0 Å². The summed E-state index contributed by atoms with van der Waals surface area (Å²) in [4.78, 5) is 0. The quantitative estimate of drug-likeness (QED) is 0.471. The number of rotatable bonds is 5. The second-order valence-corrected chi connectivity index (χ2v) is 9.53. The highest BCUT2D eigenvalue weighted by atomic mass is 14.3. The van der Waals surface area contributed by atoms with Crippen LogP contribution in [0.1, 0.15) is 125 Å². The molecule has 144 valence electrons. The van der Waals surface area contributed by atoms with Crippen LogP contribution >= 0.6 is 0 Å². The van der Waals surface area contributed by atoms with Gasteiger partial charge >= 0.3 is 0 Å². The van der Waals surface area contributed by atoms with Gasteiger partial charge in [0.05, 0.1) is 0 Å². The Kier molecular flexibility index (Phi) is 12.2. The van der Waals surface area contributed by atoms with E-state index in [4.69, 9.17) is 0 Å². The molecule has 1 aliphatic carbocycles. The van der Waals surface area contributed by atoms with Crippen molar-refractivity contribution in [1.82, 2.24) is 0 Å². The molecule has 2 atom stereocenters. The normalized spacial score (nSPS) is 28.2. The van der Waals surface area contributed by atoms with Gasteiger partial charge in [0.2, 0.25) is 0 Å². The molecule has 0 spiro atoms. The zero-order valence-electron chi connectivity index (χ0n) is 17.8. The van der Waals surface area contributed by atoms with Crippen LogP contribution in [0.5, 0.6) is 0 Å². The Labute approximate surface area is 154 Å². The van der Waals surface area contributed by atoms with Crippen LogP contribution in [0.15, 0.2) is 0 Å². The first-order chi connectivity index (χ1) is 11.5. The lowest BCUT2D eigenvalue weighted by atomic mass is 9.72. The Hall–Kier alpha value is 0. The summed E-state index contributed by atoms with van der Waals surface area (Å²) in [5, 5.41) is 0. The summed E-state index contributed by atoms with van der Waals surface area (Å²) >= 11 is 0. The van der Waals surface area contributed by atoms with Crippen molar-refractivity contribution >= 4 is 0 Å². The second-order valence-electron chi connectivity index (χ2n) is 9.53. The Balaban J connectivity index is 2.60. The summed E-state index contributed by atoms with van der Waals surface area (Å²) in [6.45, 7) is 12.3. The lowest BCUT2D eigenvalue weighted by molar-refractivity contribution is 0.171. The van der Waals surface area contributed by atoms with Crippen molar-refractivity contribution in [2.24, 2.45) is 29.6 Å². The molecule has 0 heteroatoms. The van der Waals surface area contributed by atoms with Crippen molar-refractivity contribution in [2.45, 2.75) is 125 Å². The molecule has 0 aromatic rings. The van der Waals surface area contributed by atoms with Gasteiger partial charge in [0.15, 0.2) is 0 Å². The molecule has 1 rings (SSSR count). The molecule has 0 aromatic carbocycles. The maximum atomic E-state index is 2.53. The summed E-state index contributed by atoms with van der Waals surface area (Å²) in [5.74, 6) is 4.73. The molecular weight excluding hydrogens is 288 g/mol. The van der Waals surface area contributed by atoms with Crippen LogP contribution in [-0.2, 0) is 0 Å². The van der Waals surface area contributed by atoms with Crippen LogP contribution in [0.25, 0.3) is 0 Å². The van der Waals surface area contributed by atoms with Gasteiger partial charge in [0.1, 0.15) is 0 Å². The highest BCUT2D eigenvalue weighted by molar-refractivity contribution is 4.76. The van der Waals surface area contributed by atoms with Crippen LogP contribution in [0, 0.1) is 29.6 Å². The van der Waals surface area contributed by atoms with Gasteiger partial charge in [0.25, 0.3) is 0 Å². The van der Waals surface area contributed by atoms with Crippen molar-refractivity contribution in [3.05, 3.63) is 0 Å². The van der Waals surface area contributed by atoms with Gasteiger partial charge in [-0.05, 0) is 36.0 Å². The van der Waals surface area contributed by atoms with Gasteiger partial charge in [-0.2, -0.15) is 0 Å². The third-order valence-electron chi connectivity index (χ3n) is 6.77. The van der Waals surface area contributed by atoms with Gasteiger partial charge in [-0.3, -0.25) is 0 Å². The van der Waals surface area contributed by atoms with Crippen molar-refractivity contribution in [3.8, 4) is 0 Å². The fourth-order valence-electron chi connectivity index (χ4n) is 4.96. The summed E-state index contributed by atoms with van der Waals surface area (Å²) < 4.78 is 0. The number of hydrogen-bond donors (Lipinski definition) is 0. The van der Waals surface area contributed by atoms with E-state index in [0.717, 1.165) is 29.6 Å². The van der Waals surface area contributed by atoms with Crippen LogP contribution in [0.4, 0.5) is 0 Å². The first-order valence-corrected chi connectivity index (χ1v) is 11.5. The van der Waals surface area contributed by atoms with E-state index in [1.165, 1.54) is 89.9 Å². The summed E-state index contributed by atoms with van der Waals surface area (Å²) in [6, 6.07) is 0. The highest BCUT2D eigenvalue weighted by Gasteiger charge is 2.26. The molecule has 0 bridgehead atoms. The molecule has 1 aliphatic rings. The molecule has 0 nitrogen and oxygen atoms in total. The predicted molar refractivity (Wildman–Crippen MR) is 110 cm³/mol. The SMILES string of the molecule is CCC(C)C(CC(C)C)C1CCCCCCC(C)CCCCCC1. The monoisotopic (exact) mass is 336 g/mol. The number of hydrogen-bond acceptors (Lipinski definition) is 0. The smallest absolute Gasteiger partial charge is 0.0358 e. The maximum Gasteiger partial charge on any atom is -0.0358 e. The molecule has 0 aliphatic heterocycles. The summed E-state index contributed by atoms with van der Waals surface area (Å²) in [5.41, 5.74) is 0. The largest absolute Gasteiger partial charge is 0.0651 e. The third-order valence-corrected chi connectivity index (χ3v) is 6.77. The van der Waals surface area contributed by atoms with Gasteiger partial charge < -0.3 is 0 Å². The molecular formula is C24H48. The summed E-state index contributed by atoms with van der Waals surface area (Å²) in [7, 11) is 0. The van der Waals surface area contributed by atoms with Crippen LogP contribution in [0.3, 0.4) is 0 Å². The zero-order valence-corrected chi connectivity index (χ0v) is 17.8. The average molecular weight is 337 g/mol. The van der Waals surface area contributed by atoms with Gasteiger partial charge in [-0.25, -0.2) is 0 Å². The van der Waals surface area contributed by atoms with E-state index in [0.29, 0.717) is 0 Å². The fraction of sp³-hybridized carbons (Fsp3) is 1.00. The molecule has 2 unspecified atom stereocenters. The minimum Gasteiger partial charge on any atom is -0.0651 e. The van der Waals surface area contributed by atoms with E-state index >= 15 is 0 Å². The van der Waals surface area contributed by atoms with Crippen LogP contribution in [0.2, 0.25) is 0 Å². The van der Waals surface area contributed by atoms with Crippen LogP contribution < -0.4 is 0 Å². The van der Waals surface area contributed by atoms with E-state index in [1.807, 2.05) is 0 Å². The molecule has 24 heavy (non-hydrogen) atoms. The molecule has 1 saturated carbocycles. The average Bonchev–Trinajstić information content (AvgIpc) is 2.55. The predicted octanol–water partition coefficient (Wildman–Crippen LogP) is 8.64. The first-order valence-electron chi connectivity index (χ1n) is 11.5. The Morgan fingerprint density at radius 3 is 1.58 bits per heavy atom. The Morgan fingerprint density at radius 2 is 1.17 bits per heavy atom. The molecule has 0 saturated heterocycles. The van der Waals surface area contributed by atoms with Gasteiger partial charge in [-0.1, -0.05) is 118 Å². The topological polar surface area (TPSA) is 0 Å². The maximum absolute atomic E-state index is 2.53. The van der Waals surface area contributed by atoms with Crippen molar-refractivity contribution < 1.29 is 0 Å². The Morgan fingerprint density at radius 1 is 0.708 bits per heavy atom. The standard InChI is InChI=1S/C24H48/c1-6-22(5)24(19-20(2)3)23-17-13-9-7-11-15-21(4)16-12-8-10-14-18-23/h20-24H,6-19H2,1-5H3. The van der Waals surface area contributed by atoms with E-state index in [9.17, 15) is 0 Å². The van der Waals surface area contributed by atoms with E-state index in [1.54, 1.807) is 0 Å². The zero-order chi connectivity index (χ0) is 17.8. The van der Waals surface area contributed by atoms with Crippen LogP contribution in [-0.4, -0.2) is 0 Å². The third kappa shape index (κ3) is 9.47. The molecule has 0 amide bonds. The molecule has 0 heterocycles. The van der Waals surface area contributed by atoms with Crippen molar-refractivity contribution in [2.75, 3.05) is 0 Å². The lowest BCUT2D eigenvalue weighted by Crippen LogP contribution is -2.24. The minimum absolute atomic E-state index is 0.860. The highest BCUT2D eigenvalue weighted by Crippen LogP contribution is 2.36. The Bertz CT molecular complexity index is 264. The second kappa shape index (κ2) is 13.2. The van der Waals surface area contributed by atoms with Gasteiger partial charge in [0, 0.05) is 0 Å². The van der Waals surface area contributed by atoms with Crippen molar-refractivity contribution in [1.29, 1.82) is 0 Å². The first kappa shape index (κ1) is 22.0. The molecule has 0 N–H and O–H groups in total. The molecule has 0 radical (unpaired) electrons. The van der Waals surface area contributed by atoms with Crippen molar-refractivity contribution in [3.63, 3.8) is 0 Å². The fourth-order valence-corrected chi connectivity index (χ4v) is 4.96. The molecule has 1 fully saturated rings. The molecule has 0 aromatic heterocycles.